The molecule has 1 rings (SSSR count). The Labute approximate surface area is 87.1 Å². The maximum atomic E-state index is 9.09. The van der Waals surface area contributed by atoms with Crippen LogP contribution >= 0.6 is 0 Å². The van der Waals surface area contributed by atoms with Gasteiger partial charge in [0.15, 0.2) is 0 Å². The first-order chi connectivity index (χ1) is 6.74. The summed E-state index contributed by atoms with van der Waals surface area (Å²) < 4.78 is 0. The molecule has 0 bridgehead atoms. The average molecular weight is 200 g/mol. The van der Waals surface area contributed by atoms with Crippen LogP contribution in [0.4, 0.5) is 0 Å². The zero-order valence-electron chi connectivity index (χ0n) is 9.21. The van der Waals surface area contributed by atoms with Crippen LogP contribution < -0.4 is 11.1 Å². The molecular formula is C11H24N2O. The Morgan fingerprint density at radius 3 is 2.93 bits per heavy atom. The number of nitrogens with one attached hydrogen (secondary N) is 1. The van der Waals surface area contributed by atoms with Gasteiger partial charge in [0.25, 0.3) is 0 Å². The second kappa shape index (κ2) is 6.38. The van der Waals surface area contributed by atoms with Crippen molar-refractivity contribution in [3.63, 3.8) is 0 Å². The predicted octanol–water partition coefficient (Wildman–Crippen LogP) is 0.864. The average Bonchev–Trinajstić information content (AvgIpc) is 2.59. The fourth-order valence-electron chi connectivity index (χ4n) is 2.27. The van der Waals surface area contributed by atoms with Crippen LogP contribution in [0.15, 0.2) is 0 Å². The molecule has 0 aromatic heterocycles. The summed E-state index contributed by atoms with van der Waals surface area (Å²) in [5.41, 5.74) is 5.70. The molecule has 3 nitrogen and oxygen atoms in total. The van der Waals surface area contributed by atoms with Crippen LogP contribution in [-0.4, -0.2) is 30.3 Å². The maximum Gasteiger partial charge on any atom is 0.0512 e. The molecule has 4 N–H and O–H groups in total. The number of hydrogen-bond acceptors (Lipinski definition) is 3. The van der Waals surface area contributed by atoms with Crippen LogP contribution in [0, 0.1) is 5.92 Å². The van der Waals surface area contributed by atoms with Crippen molar-refractivity contribution in [2.75, 3.05) is 13.1 Å². The van der Waals surface area contributed by atoms with E-state index in [-0.39, 0.29) is 6.10 Å². The predicted molar refractivity (Wildman–Crippen MR) is 59.1 cm³/mol. The molecule has 0 heterocycles. The van der Waals surface area contributed by atoms with Crippen LogP contribution in [-0.2, 0) is 0 Å². The minimum absolute atomic E-state index is 0.161. The lowest BCUT2D eigenvalue weighted by Gasteiger charge is -2.19. The van der Waals surface area contributed by atoms with Crippen molar-refractivity contribution in [1.82, 2.24) is 5.32 Å². The van der Waals surface area contributed by atoms with Crippen LogP contribution in [0.1, 0.15) is 39.0 Å². The van der Waals surface area contributed by atoms with Gasteiger partial charge < -0.3 is 16.2 Å². The van der Waals surface area contributed by atoms with Gasteiger partial charge in [-0.15, -0.1) is 0 Å². The molecule has 14 heavy (non-hydrogen) atoms. The van der Waals surface area contributed by atoms with E-state index < -0.39 is 0 Å². The van der Waals surface area contributed by atoms with E-state index >= 15 is 0 Å². The first kappa shape index (κ1) is 12.0. The van der Waals surface area contributed by atoms with E-state index in [1.807, 2.05) is 6.92 Å². The summed E-state index contributed by atoms with van der Waals surface area (Å²) in [5.74, 6) is 0.682. The lowest BCUT2D eigenvalue weighted by atomic mass is 10.0. The Morgan fingerprint density at radius 2 is 2.29 bits per heavy atom. The third-order valence-electron chi connectivity index (χ3n) is 3.17. The van der Waals surface area contributed by atoms with Crippen molar-refractivity contribution >= 4 is 0 Å². The van der Waals surface area contributed by atoms with Gasteiger partial charge in [-0.25, -0.2) is 0 Å². The fraction of sp³-hybridized carbons (Fsp3) is 1.00. The minimum atomic E-state index is -0.161. The molecule has 0 saturated heterocycles. The molecule has 1 fully saturated rings. The first-order valence-corrected chi connectivity index (χ1v) is 5.85. The summed E-state index contributed by atoms with van der Waals surface area (Å²) in [6, 6.07) is 0.633. The minimum Gasteiger partial charge on any atom is -0.393 e. The summed E-state index contributed by atoms with van der Waals surface area (Å²) in [5, 5.41) is 12.6. The second-order valence-corrected chi connectivity index (χ2v) is 4.48. The maximum absolute atomic E-state index is 9.09. The van der Waals surface area contributed by atoms with Crippen LogP contribution in [0.5, 0.6) is 0 Å². The zero-order chi connectivity index (χ0) is 10.4. The van der Waals surface area contributed by atoms with Gasteiger partial charge >= 0.3 is 0 Å². The Balaban J connectivity index is 2.05. The largest absolute Gasteiger partial charge is 0.393 e. The highest BCUT2D eigenvalue weighted by molar-refractivity contribution is 4.83. The quantitative estimate of drug-likeness (QED) is 0.557. The second-order valence-electron chi connectivity index (χ2n) is 4.48. The number of aliphatic hydroxyl groups is 1. The number of hydrogen-bond donors (Lipinski definition) is 3. The number of nitrogens with two attached hydrogens (primary N) is 1. The van der Waals surface area contributed by atoms with E-state index in [4.69, 9.17) is 10.8 Å². The van der Waals surface area contributed by atoms with E-state index in [9.17, 15) is 0 Å². The zero-order valence-corrected chi connectivity index (χ0v) is 9.21. The molecule has 3 atom stereocenters. The normalized spacial score (nSPS) is 29.4. The lowest BCUT2D eigenvalue weighted by molar-refractivity contribution is 0.180. The fourth-order valence-corrected chi connectivity index (χ4v) is 2.27. The molecule has 0 radical (unpaired) electrons. The van der Waals surface area contributed by atoms with E-state index in [1.54, 1.807) is 0 Å². The standard InChI is InChI=1S/C11H24N2O/c1-9(14)4-3-7-13-11-6-2-5-10(11)8-12/h9-11,13-14H,2-8,12H2,1H3. The van der Waals surface area contributed by atoms with Gasteiger partial charge in [-0.05, 0) is 51.6 Å². The van der Waals surface area contributed by atoms with E-state index in [0.717, 1.165) is 25.9 Å². The van der Waals surface area contributed by atoms with Crippen molar-refractivity contribution < 1.29 is 5.11 Å². The van der Waals surface area contributed by atoms with Crippen molar-refractivity contribution in [3.05, 3.63) is 0 Å². The third kappa shape index (κ3) is 3.95. The van der Waals surface area contributed by atoms with Crippen molar-refractivity contribution in [2.45, 2.75) is 51.2 Å². The van der Waals surface area contributed by atoms with Gasteiger partial charge in [0.05, 0.1) is 6.10 Å². The highest BCUT2D eigenvalue weighted by Gasteiger charge is 2.24. The highest BCUT2D eigenvalue weighted by atomic mass is 16.3. The Hall–Kier alpha value is -0.120. The van der Waals surface area contributed by atoms with E-state index in [1.165, 1.54) is 19.3 Å². The number of aliphatic hydroxyl groups excluding tert-OH is 1. The molecule has 3 unspecified atom stereocenters. The molecule has 1 aliphatic rings. The molecule has 0 amide bonds. The lowest BCUT2D eigenvalue weighted by Crippen LogP contribution is -2.36. The van der Waals surface area contributed by atoms with Gasteiger partial charge in [0.2, 0.25) is 0 Å². The van der Waals surface area contributed by atoms with Crippen molar-refractivity contribution in [1.29, 1.82) is 0 Å². The third-order valence-corrected chi connectivity index (χ3v) is 3.17. The van der Waals surface area contributed by atoms with Crippen LogP contribution in [0.3, 0.4) is 0 Å². The van der Waals surface area contributed by atoms with E-state index in [0.29, 0.717) is 12.0 Å². The summed E-state index contributed by atoms with van der Waals surface area (Å²) in [6.07, 6.45) is 5.67. The van der Waals surface area contributed by atoms with Gasteiger partial charge in [-0.3, -0.25) is 0 Å². The topological polar surface area (TPSA) is 58.3 Å². The summed E-state index contributed by atoms with van der Waals surface area (Å²) in [4.78, 5) is 0. The summed E-state index contributed by atoms with van der Waals surface area (Å²) in [6.45, 7) is 3.68. The summed E-state index contributed by atoms with van der Waals surface area (Å²) >= 11 is 0. The molecular weight excluding hydrogens is 176 g/mol. The first-order valence-electron chi connectivity index (χ1n) is 5.85. The van der Waals surface area contributed by atoms with Gasteiger partial charge in [0.1, 0.15) is 0 Å². The monoisotopic (exact) mass is 200 g/mol. The van der Waals surface area contributed by atoms with Crippen molar-refractivity contribution in [3.8, 4) is 0 Å². The molecule has 84 valence electrons. The Kier molecular flexibility index (Phi) is 5.45. The molecule has 0 aromatic rings. The SMILES string of the molecule is CC(O)CCCNC1CCCC1CN. The van der Waals surface area contributed by atoms with Gasteiger partial charge in [-0.2, -0.15) is 0 Å². The van der Waals surface area contributed by atoms with Gasteiger partial charge in [0, 0.05) is 6.04 Å². The molecule has 3 heteroatoms. The number of rotatable bonds is 6. The molecule has 1 aliphatic carbocycles. The molecule has 0 aliphatic heterocycles. The van der Waals surface area contributed by atoms with Crippen LogP contribution in [0.2, 0.25) is 0 Å². The Bertz CT molecular complexity index is 150. The van der Waals surface area contributed by atoms with Gasteiger partial charge in [-0.1, -0.05) is 6.42 Å². The van der Waals surface area contributed by atoms with Crippen molar-refractivity contribution in [2.24, 2.45) is 11.7 Å². The summed E-state index contributed by atoms with van der Waals surface area (Å²) in [7, 11) is 0. The molecule has 0 aromatic carbocycles. The van der Waals surface area contributed by atoms with Crippen LogP contribution in [0.25, 0.3) is 0 Å². The van der Waals surface area contributed by atoms with E-state index in [2.05, 4.69) is 5.32 Å². The molecule has 1 saturated carbocycles. The highest BCUT2D eigenvalue weighted by Crippen LogP contribution is 2.24. The smallest absolute Gasteiger partial charge is 0.0512 e. The Morgan fingerprint density at radius 1 is 1.50 bits per heavy atom. The molecule has 0 spiro atoms.